The van der Waals surface area contributed by atoms with Crippen LogP contribution in [0.1, 0.15) is 24.3 Å². The molecule has 1 aromatic carbocycles. The molecule has 3 rings (SSSR count). The highest BCUT2D eigenvalue weighted by molar-refractivity contribution is 5.58. The van der Waals surface area contributed by atoms with Gasteiger partial charge in [0.25, 0.3) is 0 Å². The van der Waals surface area contributed by atoms with E-state index in [2.05, 4.69) is 28.2 Å². The van der Waals surface area contributed by atoms with E-state index in [1.807, 2.05) is 6.07 Å². The number of anilines is 1. The minimum absolute atomic E-state index is 0.516. The minimum Gasteiger partial charge on any atom is -0.384 e. The molecular formula is C13H13N3. The van der Waals surface area contributed by atoms with E-state index in [9.17, 15) is 0 Å². The van der Waals surface area contributed by atoms with E-state index < -0.39 is 0 Å². The fraction of sp³-hybridized carbons (Fsp3) is 0.231. The maximum absolute atomic E-state index is 5.66. The van der Waals surface area contributed by atoms with Crippen LogP contribution in [0.4, 0.5) is 5.82 Å². The highest BCUT2D eigenvalue weighted by atomic mass is 14.9. The third kappa shape index (κ3) is 1.76. The number of hydrogen-bond donors (Lipinski definition) is 1. The van der Waals surface area contributed by atoms with Gasteiger partial charge in [0, 0.05) is 11.8 Å². The van der Waals surface area contributed by atoms with Crippen LogP contribution in [0.5, 0.6) is 0 Å². The SMILES string of the molecule is Nc1ccnc(-c2cccc(C3CC3)c2)n1. The first-order valence-electron chi connectivity index (χ1n) is 5.52. The van der Waals surface area contributed by atoms with Crippen LogP contribution in [-0.2, 0) is 0 Å². The number of nitrogen functional groups attached to an aromatic ring is 1. The summed E-state index contributed by atoms with van der Waals surface area (Å²) in [5.41, 5.74) is 8.10. The van der Waals surface area contributed by atoms with Gasteiger partial charge in [-0.25, -0.2) is 9.97 Å². The Morgan fingerprint density at radius 3 is 2.81 bits per heavy atom. The predicted molar refractivity (Wildman–Crippen MR) is 63.9 cm³/mol. The second-order valence-corrected chi connectivity index (χ2v) is 4.20. The maximum atomic E-state index is 5.66. The molecule has 80 valence electrons. The first-order chi connectivity index (χ1) is 7.83. The second kappa shape index (κ2) is 3.59. The molecule has 1 fully saturated rings. The Bertz CT molecular complexity index is 518. The molecule has 0 saturated heterocycles. The Labute approximate surface area is 94.4 Å². The second-order valence-electron chi connectivity index (χ2n) is 4.20. The van der Waals surface area contributed by atoms with Gasteiger partial charge in [0.1, 0.15) is 5.82 Å². The predicted octanol–water partition coefficient (Wildman–Crippen LogP) is 2.60. The first-order valence-corrected chi connectivity index (χ1v) is 5.52. The Kier molecular flexibility index (Phi) is 2.10. The lowest BCUT2D eigenvalue weighted by Gasteiger charge is -2.03. The van der Waals surface area contributed by atoms with Crippen molar-refractivity contribution in [2.24, 2.45) is 0 Å². The Morgan fingerprint density at radius 2 is 2.06 bits per heavy atom. The Balaban J connectivity index is 2.02. The molecule has 0 radical (unpaired) electrons. The molecule has 3 heteroatoms. The van der Waals surface area contributed by atoms with Crippen LogP contribution < -0.4 is 5.73 Å². The molecule has 0 amide bonds. The summed E-state index contributed by atoms with van der Waals surface area (Å²) in [4.78, 5) is 8.47. The topological polar surface area (TPSA) is 51.8 Å². The third-order valence-electron chi connectivity index (χ3n) is 2.87. The van der Waals surface area contributed by atoms with Gasteiger partial charge in [0.2, 0.25) is 0 Å². The lowest BCUT2D eigenvalue weighted by Crippen LogP contribution is -1.94. The van der Waals surface area contributed by atoms with Gasteiger partial charge >= 0.3 is 0 Å². The van der Waals surface area contributed by atoms with E-state index in [0.717, 1.165) is 11.5 Å². The highest BCUT2D eigenvalue weighted by Crippen LogP contribution is 2.40. The van der Waals surface area contributed by atoms with Crippen molar-refractivity contribution < 1.29 is 0 Å². The molecule has 0 unspecified atom stereocenters. The summed E-state index contributed by atoms with van der Waals surface area (Å²) in [5.74, 6) is 1.98. The van der Waals surface area contributed by atoms with E-state index in [1.165, 1.54) is 18.4 Å². The lowest BCUT2D eigenvalue weighted by atomic mass is 10.1. The van der Waals surface area contributed by atoms with Crippen molar-refractivity contribution in [1.29, 1.82) is 0 Å². The van der Waals surface area contributed by atoms with E-state index in [1.54, 1.807) is 12.3 Å². The van der Waals surface area contributed by atoms with Crippen molar-refractivity contribution in [2.45, 2.75) is 18.8 Å². The summed E-state index contributed by atoms with van der Waals surface area (Å²) in [6.45, 7) is 0. The van der Waals surface area contributed by atoms with E-state index in [0.29, 0.717) is 11.6 Å². The highest BCUT2D eigenvalue weighted by Gasteiger charge is 2.23. The Hall–Kier alpha value is -1.90. The standard InChI is InChI=1S/C13H13N3/c14-12-6-7-15-13(16-12)11-3-1-2-10(8-11)9-4-5-9/h1-3,6-9H,4-5H2,(H2,14,15,16). The summed E-state index contributed by atoms with van der Waals surface area (Å²) >= 11 is 0. The monoisotopic (exact) mass is 211 g/mol. The molecular weight excluding hydrogens is 198 g/mol. The normalized spacial score (nSPS) is 15.0. The molecule has 3 nitrogen and oxygen atoms in total. The molecule has 0 spiro atoms. The van der Waals surface area contributed by atoms with Crippen LogP contribution in [0.15, 0.2) is 36.5 Å². The average Bonchev–Trinajstić information content (AvgIpc) is 3.13. The van der Waals surface area contributed by atoms with Gasteiger partial charge in [0.15, 0.2) is 5.82 Å². The van der Waals surface area contributed by atoms with Gasteiger partial charge in [-0.2, -0.15) is 0 Å². The van der Waals surface area contributed by atoms with Crippen molar-refractivity contribution in [3.63, 3.8) is 0 Å². The summed E-state index contributed by atoms with van der Waals surface area (Å²) in [6, 6.07) is 10.1. The van der Waals surface area contributed by atoms with Crippen LogP contribution in [0.25, 0.3) is 11.4 Å². The fourth-order valence-corrected chi connectivity index (χ4v) is 1.86. The number of nitrogens with two attached hydrogens (primary N) is 1. The number of nitrogens with zero attached hydrogens (tertiary/aromatic N) is 2. The number of aromatic nitrogens is 2. The molecule has 1 aliphatic carbocycles. The van der Waals surface area contributed by atoms with Crippen LogP contribution in [0.3, 0.4) is 0 Å². The lowest BCUT2D eigenvalue weighted by molar-refractivity contribution is 1.12. The van der Waals surface area contributed by atoms with Gasteiger partial charge in [-0.3, -0.25) is 0 Å². The molecule has 2 N–H and O–H groups in total. The maximum Gasteiger partial charge on any atom is 0.161 e. The molecule has 1 heterocycles. The van der Waals surface area contributed by atoms with Gasteiger partial charge in [-0.15, -0.1) is 0 Å². The molecule has 0 aliphatic heterocycles. The molecule has 1 saturated carbocycles. The van der Waals surface area contributed by atoms with Gasteiger partial charge in [0.05, 0.1) is 0 Å². The van der Waals surface area contributed by atoms with Gasteiger partial charge in [-0.05, 0) is 36.5 Å². The minimum atomic E-state index is 0.516. The van der Waals surface area contributed by atoms with E-state index in [-0.39, 0.29) is 0 Å². The van der Waals surface area contributed by atoms with Crippen molar-refractivity contribution in [3.05, 3.63) is 42.1 Å². The average molecular weight is 211 g/mol. The number of benzene rings is 1. The van der Waals surface area contributed by atoms with Crippen LogP contribution in [0, 0.1) is 0 Å². The summed E-state index contributed by atoms with van der Waals surface area (Å²) < 4.78 is 0. The van der Waals surface area contributed by atoms with Crippen molar-refractivity contribution >= 4 is 5.82 Å². The van der Waals surface area contributed by atoms with Crippen LogP contribution in [0.2, 0.25) is 0 Å². The van der Waals surface area contributed by atoms with Crippen LogP contribution in [-0.4, -0.2) is 9.97 Å². The molecule has 16 heavy (non-hydrogen) atoms. The largest absolute Gasteiger partial charge is 0.384 e. The molecule has 1 aromatic heterocycles. The summed E-state index contributed by atoms with van der Waals surface area (Å²) in [7, 11) is 0. The smallest absolute Gasteiger partial charge is 0.161 e. The molecule has 2 aromatic rings. The van der Waals surface area contributed by atoms with Crippen molar-refractivity contribution in [1.82, 2.24) is 9.97 Å². The number of rotatable bonds is 2. The zero-order chi connectivity index (χ0) is 11.0. The summed E-state index contributed by atoms with van der Waals surface area (Å²) in [5, 5.41) is 0. The number of hydrogen-bond acceptors (Lipinski definition) is 3. The van der Waals surface area contributed by atoms with E-state index >= 15 is 0 Å². The van der Waals surface area contributed by atoms with Gasteiger partial charge in [-0.1, -0.05) is 18.2 Å². The zero-order valence-corrected chi connectivity index (χ0v) is 8.93. The summed E-state index contributed by atoms with van der Waals surface area (Å²) in [6.07, 6.45) is 4.31. The Morgan fingerprint density at radius 1 is 1.19 bits per heavy atom. The molecule has 1 aliphatic rings. The third-order valence-corrected chi connectivity index (χ3v) is 2.87. The fourth-order valence-electron chi connectivity index (χ4n) is 1.86. The van der Waals surface area contributed by atoms with E-state index in [4.69, 9.17) is 5.73 Å². The van der Waals surface area contributed by atoms with Gasteiger partial charge < -0.3 is 5.73 Å². The van der Waals surface area contributed by atoms with Crippen molar-refractivity contribution in [2.75, 3.05) is 5.73 Å². The van der Waals surface area contributed by atoms with Crippen LogP contribution >= 0.6 is 0 Å². The molecule has 0 atom stereocenters. The first kappa shape index (κ1) is 9.33. The molecule has 0 bridgehead atoms. The zero-order valence-electron chi connectivity index (χ0n) is 8.93. The van der Waals surface area contributed by atoms with Crippen molar-refractivity contribution in [3.8, 4) is 11.4 Å². The quantitative estimate of drug-likeness (QED) is 0.830.